The molecule has 0 amide bonds. The molecule has 0 N–H and O–H groups in total. The molecule has 1 atom stereocenters. The van der Waals surface area contributed by atoms with Crippen molar-refractivity contribution in [3.8, 4) is 0 Å². The molecule has 0 spiro atoms. The van der Waals surface area contributed by atoms with E-state index in [0.717, 1.165) is 0 Å². The van der Waals surface area contributed by atoms with Gasteiger partial charge in [-0.25, -0.2) is 4.79 Å². The highest BCUT2D eigenvalue weighted by Gasteiger charge is 2.15. The van der Waals surface area contributed by atoms with Crippen LogP contribution in [0.5, 0.6) is 0 Å². The molecule has 0 aliphatic carbocycles. The Kier molecular flexibility index (Phi) is 5.47. The third-order valence-corrected chi connectivity index (χ3v) is 1.26. The molecule has 64 valence electrons. The normalized spacial score (nSPS) is 12.2. The first-order valence-electron chi connectivity index (χ1n) is 3.56. The average Bonchev–Trinajstić information content (AvgIpc) is 2.03. The summed E-state index contributed by atoms with van der Waals surface area (Å²) >= 11 is 0. The van der Waals surface area contributed by atoms with Gasteiger partial charge in [0.1, 0.15) is 6.61 Å². The van der Waals surface area contributed by atoms with Crippen molar-refractivity contribution in [2.75, 3.05) is 13.7 Å². The van der Waals surface area contributed by atoms with E-state index < -0.39 is 6.10 Å². The lowest BCUT2D eigenvalue weighted by Crippen LogP contribution is -2.24. The van der Waals surface area contributed by atoms with E-state index in [-0.39, 0.29) is 12.6 Å². The second-order valence-electron chi connectivity index (χ2n) is 2.05. The summed E-state index contributed by atoms with van der Waals surface area (Å²) in [5.74, 6) is -0.324. The monoisotopic (exact) mass is 158 g/mol. The Hall–Kier alpha value is -0.830. The number of carbonyl (C=O) groups is 1. The topological polar surface area (TPSA) is 35.5 Å². The van der Waals surface area contributed by atoms with Crippen LogP contribution in [-0.4, -0.2) is 25.8 Å². The number of esters is 1. The van der Waals surface area contributed by atoms with Gasteiger partial charge in [0.05, 0.1) is 0 Å². The van der Waals surface area contributed by atoms with E-state index in [9.17, 15) is 4.79 Å². The Morgan fingerprint density at radius 1 is 1.73 bits per heavy atom. The SMILES string of the molecule is C=CCOC(=O)C(CC)OC. The molecular formula is C8H14O3. The van der Waals surface area contributed by atoms with Crippen molar-refractivity contribution in [3.63, 3.8) is 0 Å². The van der Waals surface area contributed by atoms with Gasteiger partial charge >= 0.3 is 5.97 Å². The maximum Gasteiger partial charge on any atom is 0.335 e. The van der Waals surface area contributed by atoms with Crippen LogP contribution in [0.25, 0.3) is 0 Å². The van der Waals surface area contributed by atoms with Crippen molar-refractivity contribution in [1.82, 2.24) is 0 Å². The van der Waals surface area contributed by atoms with Gasteiger partial charge in [0, 0.05) is 7.11 Å². The first kappa shape index (κ1) is 10.2. The summed E-state index contributed by atoms with van der Waals surface area (Å²) in [5.41, 5.74) is 0. The summed E-state index contributed by atoms with van der Waals surface area (Å²) in [6.07, 6.45) is 1.72. The Balaban J connectivity index is 3.69. The first-order valence-corrected chi connectivity index (χ1v) is 3.56. The molecule has 0 aliphatic heterocycles. The highest BCUT2D eigenvalue weighted by Crippen LogP contribution is 1.98. The molecule has 0 bridgehead atoms. The molecule has 0 aromatic carbocycles. The molecule has 1 unspecified atom stereocenters. The third kappa shape index (κ3) is 3.78. The quantitative estimate of drug-likeness (QED) is 0.444. The van der Waals surface area contributed by atoms with Gasteiger partial charge in [-0.2, -0.15) is 0 Å². The largest absolute Gasteiger partial charge is 0.460 e. The molecule has 3 heteroatoms. The molecule has 3 nitrogen and oxygen atoms in total. The van der Waals surface area contributed by atoms with Crippen LogP contribution in [-0.2, 0) is 14.3 Å². The van der Waals surface area contributed by atoms with Gasteiger partial charge < -0.3 is 9.47 Å². The van der Waals surface area contributed by atoms with Crippen LogP contribution < -0.4 is 0 Å². The number of methoxy groups -OCH3 is 1. The van der Waals surface area contributed by atoms with Crippen molar-refractivity contribution in [1.29, 1.82) is 0 Å². The molecule has 11 heavy (non-hydrogen) atoms. The molecular weight excluding hydrogens is 144 g/mol. The van der Waals surface area contributed by atoms with Crippen molar-refractivity contribution in [2.24, 2.45) is 0 Å². The molecule has 0 aromatic rings. The Labute approximate surface area is 67.0 Å². The van der Waals surface area contributed by atoms with Gasteiger partial charge in [-0.05, 0) is 6.42 Å². The summed E-state index contributed by atoms with van der Waals surface area (Å²) in [4.78, 5) is 11.0. The Morgan fingerprint density at radius 3 is 2.73 bits per heavy atom. The smallest absolute Gasteiger partial charge is 0.335 e. The summed E-state index contributed by atoms with van der Waals surface area (Å²) in [6, 6.07) is 0. The lowest BCUT2D eigenvalue weighted by atomic mass is 10.3. The van der Waals surface area contributed by atoms with Gasteiger partial charge in [0.2, 0.25) is 0 Å². The van der Waals surface area contributed by atoms with E-state index in [4.69, 9.17) is 9.47 Å². The molecule has 0 radical (unpaired) electrons. The fraction of sp³-hybridized carbons (Fsp3) is 0.625. The number of hydrogen-bond donors (Lipinski definition) is 0. The summed E-state index contributed by atoms with van der Waals surface area (Å²) in [7, 11) is 1.49. The fourth-order valence-electron chi connectivity index (χ4n) is 0.664. The summed E-state index contributed by atoms with van der Waals surface area (Å²) in [5, 5.41) is 0. The van der Waals surface area contributed by atoms with E-state index in [1.807, 2.05) is 6.92 Å². The van der Waals surface area contributed by atoms with E-state index in [2.05, 4.69) is 6.58 Å². The Bertz CT molecular complexity index is 127. The van der Waals surface area contributed by atoms with E-state index >= 15 is 0 Å². The van der Waals surface area contributed by atoms with E-state index in [1.54, 1.807) is 0 Å². The van der Waals surface area contributed by atoms with Crippen molar-refractivity contribution in [3.05, 3.63) is 12.7 Å². The molecule has 0 saturated carbocycles. The minimum Gasteiger partial charge on any atom is -0.460 e. The van der Waals surface area contributed by atoms with E-state index in [1.165, 1.54) is 13.2 Å². The van der Waals surface area contributed by atoms with Gasteiger partial charge in [-0.15, -0.1) is 0 Å². The molecule has 0 aromatic heterocycles. The minimum atomic E-state index is -0.435. The summed E-state index contributed by atoms with van der Waals surface area (Å²) in [6.45, 7) is 5.54. The standard InChI is InChI=1S/C8H14O3/c1-4-6-11-8(9)7(5-2)10-3/h4,7H,1,5-6H2,2-3H3. The molecule has 0 fully saturated rings. The maximum absolute atomic E-state index is 11.0. The van der Waals surface area contributed by atoms with Crippen LogP contribution in [0, 0.1) is 0 Å². The maximum atomic E-state index is 11.0. The van der Waals surface area contributed by atoms with Gasteiger partial charge in [0.25, 0.3) is 0 Å². The minimum absolute atomic E-state index is 0.249. The number of hydrogen-bond acceptors (Lipinski definition) is 3. The van der Waals surface area contributed by atoms with Crippen molar-refractivity contribution >= 4 is 5.97 Å². The van der Waals surface area contributed by atoms with Crippen molar-refractivity contribution in [2.45, 2.75) is 19.4 Å². The average molecular weight is 158 g/mol. The highest BCUT2D eigenvalue weighted by atomic mass is 16.6. The van der Waals surface area contributed by atoms with Crippen molar-refractivity contribution < 1.29 is 14.3 Å². The Morgan fingerprint density at radius 2 is 2.36 bits per heavy atom. The zero-order valence-corrected chi connectivity index (χ0v) is 7.00. The molecule has 0 aliphatic rings. The van der Waals surface area contributed by atoms with Crippen LogP contribution in [0.15, 0.2) is 12.7 Å². The zero-order chi connectivity index (χ0) is 8.69. The highest BCUT2D eigenvalue weighted by molar-refractivity contribution is 5.74. The third-order valence-electron chi connectivity index (χ3n) is 1.26. The van der Waals surface area contributed by atoms with E-state index in [0.29, 0.717) is 6.42 Å². The fourth-order valence-corrected chi connectivity index (χ4v) is 0.664. The first-order chi connectivity index (χ1) is 5.26. The molecule has 0 saturated heterocycles. The number of rotatable bonds is 5. The zero-order valence-electron chi connectivity index (χ0n) is 7.00. The lowest BCUT2D eigenvalue weighted by Gasteiger charge is -2.10. The number of carbonyl (C=O) groups excluding carboxylic acids is 1. The number of ether oxygens (including phenoxy) is 2. The predicted octanol–water partition coefficient (Wildman–Crippen LogP) is 1.14. The molecule has 0 rings (SSSR count). The van der Waals surface area contributed by atoms with Crippen LogP contribution >= 0.6 is 0 Å². The molecule has 0 heterocycles. The van der Waals surface area contributed by atoms with Crippen LogP contribution in [0.4, 0.5) is 0 Å². The summed E-state index contributed by atoms with van der Waals surface area (Å²) < 4.78 is 9.60. The van der Waals surface area contributed by atoms with Gasteiger partial charge in [-0.1, -0.05) is 19.6 Å². The van der Waals surface area contributed by atoms with Crippen LogP contribution in [0.3, 0.4) is 0 Å². The second-order valence-corrected chi connectivity index (χ2v) is 2.05. The van der Waals surface area contributed by atoms with Crippen LogP contribution in [0.2, 0.25) is 0 Å². The van der Waals surface area contributed by atoms with Gasteiger partial charge in [0.15, 0.2) is 6.10 Å². The lowest BCUT2D eigenvalue weighted by molar-refractivity contribution is -0.154. The van der Waals surface area contributed by atoms with Gasteiger partial charge in [-0.3, -0.25) is 0 Å². The second kappa shape index (κ2) is 5.92. The predicted molar refractivity (Wildman–Crippen MR) is 42.2 cm³/mol. The van der Waals surface area contributed by atoms with Crippen LogP contribution in [0.1, 0.15) is 13.3 Å².